The maximum Gasteiger partial charge on any atom is 0.447 e. The molecule has 0 aliphatic carbocycles. The minimum absolute atomic E-state index is 0.0707. The van der Waals surface area contributed by atoms with E-state index in [-0.39, 0.29) is 18.7 Å². The van der Waals surface area contributed by atoms with Gasteiger partial charge in [0.05, 0.1) is 11.5 Å². The van der Waals surface area contributed by atoms with Gasteiger partial charge in [0.25, 0.3) is 5.91 Å². The number of carbonyl (C=O) groups is 2. The van der Waals surface area contributed by atoms with Crippen LogP contribution in [0.15, 0.2) is 53.7 Å². The van der Waals surface area contributed by atoms with Gasteiger partial charge < -0.3 is 10.0 Å². The van der Waals surface area contributed by atoms with Crippen LogP contribution in [0.2, 0.25) is 0 Å². The number of benzene rings is 1. The molecule has 9 heteroatoms. The molecule has 1 amide bonds. The molecule has 0 bridgehead atoms. The summed E-state index contributed by atoms with van der Waals surface area (Å²) in [5.41, 5.74) is -3.99. The molecular formula is C18H15F3N2O3S. The van der Waals surface area contributed by atoms with Gasteiger partial charge in [-0.3, -0.25) is 9.59 Å². The number of hydrogen-bond acceptors (Lipinski definition) is 4. The highest BCUT2D eigenvalue weighted by molar-refractivity contribution is 8.00. The molecule has 5 nitrogen and oxygen atoms in total. The number of alkyl halides is 3. The van der Waals surface area contributed by atoms with Crippen molar-refractivity contribution in [2.24, 2.45) is 5.92 Å². The van der Waals surface area contributed by atoms with E-state index in [0.717, 1.165) is 5.56 Å². The number of hydrogen-bond donors (Lipinski definition) is 1. The second kappa shape index (κ2) is 7.59. The number of nitrogens with zero attached hydrogens (tertiary/aromatic N) is 2. The predicted molar refractivity (Wildman–Crippen MR) is 92.4 cm³/mol. The molecule has 3 rings (SSSR count). The van der Waals surface area contributed by atoms with Crippen molar-refractivity contribution < 1.29 is 27.9 Å². The molecule has 1 aromatic heterocycles. The highest BCUT2D eigenvalue weighted by Gasteiger charge is 2.41. The van der Waals surface area contributed by atoms with Crippen LogP contribution in [0.1, 0.15) is 21.8 Å². The monoisotopic (exact) mass is 396 g/mol. The minimum atomic E-state index is -4.58. The van der Waals surface area contributed by atoms with Crippen molar-refractivity contribution in [2.75, 3.05) is 13.1 Å². The Kier molecular flexibility index (Phi) is 5.41. The molecule has 2 atom stereocenters. The lowest BCUT2D eigenvalue weighted by atomic mass is 9.89. The fourth-order valence-corrected chi connectivity index (χ4v) is 3.77. The van der Waals surface area contributed by atoms with Crippen LogP contribution >= 0.6 is 11.8 Å². The molecule has 0 radical (unpaired) electrons. The van der Waals surface area contributed by atoms with Gasteiger partial charge in [-0.15, -0.1) is 0 Å². The highest BCUT2D eigenvalue weighted by atomic mass is 32.2. The summed E-state index contributed by atoms with van der Waals surface area (Å²) in [5.74, 6) is -2.95. The van der Waals surface area contributed by atoms with E-state index >= 15 is 0 Å². The van der Waals surface area contributed by atoms with Crippen LogP contribution in [0, 0.1) is 5.92 Å². The molecule has 2 unspecified atom stereocenters. The predicted octanol–water partition coefficient (Wildman–Crippen LogP) is 3.63. The Morgan fingerprint density at radius 3 is 2.44 bits per heavy atom. The third-order valence-corrected chi connectivity index (χ3v) is 5.12. The number of amides is 1. The number of aliphatic carboxylic acids is 1. The molecule has 142 valence electrons. The number of pyridine rings is 1. The second-order valence-corrected chi connectivity index (χ2v) is 7.13. The van der Waals surface area contributed by atoms with E-state index in [1.807, 2.05) is 0 Å². The van der Waals surface area contributed by atoms with E-state index in [0.29, 0.717) is 0 Å². The maximum absolute atomic E-state index is 12.8. The van der Waals surface area contributed by atoms with E-state index in [9.17, 15) is 27.9 Å². The van der Waals surface area contributed by atoms with Crippen molar-refractivity contribution in [3.63, 3.8) is 0 Å². The lowest BCUT2D eigenvalue weighted by Crippen LogP contribution is -2.30. The molecule has 1 aliphatic heterocycles. The lowest BCUT2D eigenvalue weighted by molar-refractivity contribution is -0.141. The maximum atomic E-state index is 12.8. The fraction of sp³-hybridized carbons (Fsp3) is 0.278. The van der Waals surface area contributed by atoms with Crippen molar-refractivity contribution in [1.29, 1.82) is 0 Å². The molecular weight excluding hydrogens is 381 g/mol. The summed E-state index contributed by atoms with van der Waals surface area (Å²) >= 11 is -0.456. The summed E-state index contributed by atoms with van der Waals surface area (Å²) in [6.07, 6.45) is 1.18. The Morgan fingerprint density at radius 1 is 1.11 bits per heavy atom. The third-order valence-electron chi connectivity index (χ3n) is 4.37. The van der Waals surface area contributed by atoms with Crippen LogP contribution < -0.4 is 0 Å². The largest absolute Gasteiger partial charge is 0.481 e. The first-order valence-electron chi connectivity index (χ1n) is 8.04. The summed E-state index contributed by atoms with van der Waals surface area (Å²) < 4.78 is 38.2. The zero-order valence-corrected chi connectivity index (χ0v) is 14.7. The Hall–Kier alpha value is -2.55. The molecule has 2 heterocycles. The zero-order valence-electron chi connectivity index (χ0n) is 13.9. The van der Waals surface area contributed by atoms with E-state index in [4.69, 9.17) is 0 Å². The number of carboxylic acids is 1. The highest BCUT2D eigenvalue weighted by Crippen LogP contribution is 2.39. The lowest BCUT2D eigenvalue weighted by Gasteiger charge is -2.18. The van der Waals surface area contributed by atoms with E-state index in [1.54, 1.807) is 30.3 Å². The number of halogens is 3. The van der Waals surface area contributed by atoms with Gasteiger partial charge in [-0.05, 0) is 17.7 Å². The average Bonchev–Trinajstić information content (AvgIpc) is 3.07. The number of rotatable bonds is 4. The molecule has 27 heavy (non-hydrogen) atoms. The summed E-state index contributed by atoms with van der Waals surface area (Å²) in [5, 5.41) is 9.08. The van der Waals surface area contributed by atoms with Crippen molar-refractivity contribution >= 4 is 23.6 Å². The first kappa shape index (κ1) is 19.2. The Balaban J connectivity index is 1.87. The summed E-state index contributed by atoms with van der Waals surface area (Å²) in [4.78, 5) is 29.4. The SMILES string of the molecule is O=C(O)C1CN(C(=O)c2cccnc2SC(F)(F)F)CC1c1ccccc1. The molecule has 1 aromatic carbocycles. The van der Waals surface area contributed by atoms with Crippen molar-refractivity contribution in [3.8, 4) is 0 Å². The molecule has 2 aromatic rings. The van der Waals surface area contributed by atoms with Gasteiger partial charge in [0.2, 0.25) is 0 Å². The van der Waals surface area contributed by atoms with E-state index in [2.05, 4.69) is 4.98 Å². The van der Waals surface area contributed by atoms with Gasteiger partial charge in [-0.2, -0.15) is 13.2 Å². The van der Waals surface area contributed by atoms with Gasteiger partial charge in [-0.1, -0.05) is 30.3 Å². The topological polar surface area (TPSA) is 70.5 Å². The normalized spacial score (nSPS) is 19.9. The van der Waals surface area contributed by atoms with Gasteiger partial charge in [-0.25, -0.2) is 4.98 Å². The minimum Gasteiger partial charge on any atom is -0.481 e. The van der Waals surface area contributed by atoms with Crippen molar-refractivity contribution in [3.05, 3.63) is 59.8 Å². The van der Waals surface area contributed by atoms with Gasteiger partial charge in [0, 0.05) is 37.0 Å². The number of likely N-dealkylation sites (tertiary alicyclic amines) is 1. The first-order valence-corrected chi connectivity index (χ1v) is 8.85. The molecule has 1 N–H and O–H groups in total. The summed E-state index contributed by atoms with van der Waals surface area (Å²) in [7, 11) is 0. The number of carbonyl (C=O) groups excluding carboxylic acids is 1. The zero-order chi connectivity index (χ0) is 19.6. The quantitative estimate of drug-likeness (QED) is 0.800. The van der Waals surface area contributed by atoms with E-state index in [1.165, 1.54) is 23.2 Å². The molecule has 1 aliphatic rings. The molecule has 0 spiro atoms. The smallest absolute Gasteiger partial charge is 0.447 e. The number of aromatic nitrogens is 1. The van der Waals surface area contributed by atoms with E-state index < -0.39 is 46.0 Å². The standard InChI is InChI=1S/C18H15F3N2O3S/c19-18(20,21)27-15-12(7-4-8-22-15)16(24)23-9-13(14(10-23)17(25)26)11-5-2-1-3-6-11/h1-8,13-14H,9-10H2,(H,25,26). The first-order chi connectivity index (χ1) is 12.8. The van der Waals surface area contributed by atoms with Gasteiger partial charge >= 0.3 is 11.5 Å². The average molecular weight is 396 g/mol. The van der Waals surface area contributed by atoms with Gasteiger partial charge in [0.15, 0.2) is 0 Å². The summed E-state index contributed by atoms with van der Waals surface area (Å²) in [6, 6.07) is 11.6. The number of carboxylic acid groups (broad SMARTS) is 1. The van der Waals surface area contributed by atoms with Crippen LogP contribution in [-0.2, 0) is 4.79 Å². The number of thioether (sulfide) groups is 1. The van der Waals surface area contributed by atoms with Crippen LogP contribution in [0.5, 0.6) is 0 Å². The molecule has 1 fully saturated rings. The second-order valence-electron chi connectivity index (χ2n) is 6.08. The van der Waals surface area contributed by atoms with Crippen LogP contribution in [-0.4, -0.2) is 45.5 Å². The molecule has 0 saturated carbocycles. The Labute approximate surface area is 157 Å². The van der Waals surface area contributed by atoms with Crippen LogP contribution in [0.3, 0.4) is 0 Å². The van der Waals surface area contributed by atoms with Crippen molar-refractivity contribution in [2.45, 2.75) is 16.5 Å². The Morgan fingerprint density at radius 2 is 1.81 bits per heavy atom. The summed E-state index contributed by atoms with van der Waals surface area (Å²) in [6.45, 7) is 0.0452. The molecule has 1 saturated heterocycles. The van der Waals surface area contributed by atoms with Crippen LogP contribution in [0.4, 0.5) is 13.2 Å². The van der Waals surface area contributed by atoms with Crippen LogP contribution in [0.25, 0.3) is 0 Å². The fourth-order valence-electron chi connectivity index (χ4n) is 3.17. The van der Waals surface area contributed by atoms with Gasteiger partial charge in [0.1, 0.15) is 5.03 Å². The Bertz CT molecular complexity index is 845. The van der Waals surface area contributed by atoms with Crippen molar-refractivity contribution in [1.82, 2.24) is 9.88 Å². The third kappa shape index (κ3) is 4.41.